The van der Waals surface area contributed by atoms with Gasteiger partial charge in [-0.3, -0.25) is 0 Å². The first-order valence-electron chi connectivity index (χ1n) is 6.77. The smallest absolute Gasteiger partial charge is 0.376 e. The molecule has 0 aliphatic rings. The Hall–Kier alpha value is -2.22. The van der Waals surface area contributed by atoms with Crippen molar-refractivity contribution in [2.45, 2.75) is 20.3 Å². The highest BCUT2D eigenvalue weighted by Crippen LogP contribution is 2.24. The van der Waals surface area contributed by atoms with Crippen LogP contribution >= 0.6 is 0 Å². The Kier molecular flexibility index (Phi) is 5.04. The SMILES string of the molecule is CCOC(=O)c1nc(NCCOC)c2c(CC)noc2n1. The molecule has 0 fully saturated rings. The number of aromatic nitrogens is 3. The van der Waals surface area contributed by atoms with Gasteiger partial charge in [0.15, 0.2) is 0 Å². The summed E-state index contributed by atoms with van der Waals surface area (Å²) in [7, 11) is 1.61. The van der Waals surface area contributed by atoms with Gasteiger partial charge in [0.25, 0.3) is 5.71 Å². The summed E-state index contributed by atoms with van der Waals surface area (Å²) in [6.45, 7) is 4.97. The van der Waals surface area contributed by atoms with Crippen LogP contribution < -0.4 is 5.32 Å². The van der Waals surface area contributed by atoms with E-state index in [0.29, 0.717) is 30.8 Å². The molecule has 0 bridgehead atoms. The van der Waals surface area contributed by atoms with E-state index < -0.39 is 5.97 Å². The van der Waals surface area contributed by atoms with Crippen LogP contribution in [-0.2, 0) is 15.9 Å². The van der Waals surface area contributed by atoms with E-state index in [-0.39, 0.29) is 18.1 Å². The summed E-state index contributed by atoms with van der Waals surface area (Å²) in [5.74, 6) is -0.148. The third-order valence-electron chi connectivity index (χ3n) is 2.80. The van der Waals surface area contributed by atoms with Crippen molar-refractivity contribution in [3.05, 3.63) is 11.5 Å². The van der Waals surface area contributed by atoms with E-state index in [1.807, 2.05) is 6.92 Å². The molecule has 0 aromatic carbocycles. The van der Waals surface area contributed by atoms with Gasteiger partial charge < -0.3 is 19.3 Å². The molecule has 21 heavy (non-hydrogen) atoms. The minimum atomic E-state index is -0.594. The Balaban J connectivity index is 2.43. The topological polar surface area (TPSA) is 99.4 Å². The number of nitrogens with zero attached hydrogens (tertiary/aromatic N) is 3. The second-order valence-corrected chi connectivity index (χ2v) is 4.20. The van der Waals surface area contributed by atoms with Gasteiger partial charge in [-0.2, -0.15) is 4.98 Å². The molecule has 0 unspecified atom stereocenters. The molecule has 2 heterocycles. The molecule has 2 aromatic heterocycles. The highest BCUT2D eigenvalue weighted by atomic mass is 16.5. The Labute approximate surface area is 121 Å². The van der Waals surface area contributed by atoms with Crippen LogP contribution in [0.25, 0.3) is 11.1 Å². The average molecular weight is 294 g/mol. The summed E-state index contributed by atoms with van der Waals surface area (Å²) in [4.78, 5) is 20.1. The fourth-order valence-electron chi connectivity index (χ4n) is 1.84. The van der Waals surface area contributed by atoms with E-state index in [9.17, 15) is 4.79 Å². The normalized spacial score (nSPS) is 10.8. The number of hydrogen-bond donors (Lipinski definition) is 1. The first-order valence-corrected chi connectivity index (χ1v) is 6.77. The van der Waals surface area contributed by atoms with E-state index in [4.69, 9.17) is 14.0 Å². The van der Waals surface area contributed by atoms with E-state index in [0.717, 1.165) is 5.69 Å². The van der Waals surface area contributed by atoms with Gasteiger partial charge in [-0.1, -0.05) is 12.1 Å². The molecule has 8 heteroatoms. The molecule has 2 rings (SSSR count). The van der Waals surface area contributed by atoms with Crippen molar-refractivity contribution >= 4 is 22.9 Å². The van der Waals surface area contributed by atoms with Crippen molar-refractivity contribution in [3.8, 4) is 0 Å². The molecule has 0 amide bonds. The highest BCUT2D eigenvalue weighted by molar-refractivity contribution is 5.93. The monoisotopic (exact) mass is 294 g/mol. The first-order chi connectivity index (χ1) is 10.2. The van der Waals surface area contributed by atoms with Crippen LogP contribution in [0.5, 0.6) is 0 Å². The lowest BCUT2D eigenvalue weighted by Crippen LogP contribution is -2.14. The van der Waals surface area contributed by atoms with Crippen LogP contribution in [0.3, 0.4) is 0 Å². The number of carbonyl (C=O) groups excluding carboxylic acids is 1. The maximum absolute atomic E-state index is 11.8. The largest absolute Gasteiger partial charge is 0.460 e. The third kappa shape index (κ3) is 3.27. The third-order valence-corrected chi connectivity index (χ3v) is 2.80. The second-order valence-electron chi connectivity index (χ2n) is 4.20. The number of esters is 1. The minimum absolute atomic E-state index is 0.0527. The van der Waals surface area contributed by atoms with Crippen molar-refractivity contribution in [1.82, 2.24) is 15.1 Å². The zero-order valence-electron chi connectivity index (χ0n) is 12.3. The Morgan fingerprint density at radius 2 is 2.14 bits per heavy atom. The summed E-state index contributed by atoms with van der Waals surface area (Å²) in [6, 6.07) is 0. The molecule has 0 spiro atoms. The van der Waals surface area contributed by atoms with Crippen LogP contribution in [0.15, 0.2) is 4.52 Å². The molecule has 0 radical (unpaired) electrons. The summed E-state index contributed by atoms with van der Waals surface area (Å²) in [5, 5.41) is 7.73. The van der Waals surface area contributed by atoms with E-state index in [1.54, 1.807) is 14.0 Å². The number of anilines is 1. The predicted octanol–water partition coefficient (Wildman–Crippen LogP) is 1.42. The molecule has 0 atom stereocenters. The van der Waals surface area contributed by atoms with Crippen LogP contribution in [0.4, 0.5) is 5.82 Å². The van der Waals surface area contributed by atoms with Crippen molar-refractivity contribution in [2.75, 3.05) is 32.2 Å². The van der Waals surface area contributed by atoms with E-state index in [2.05, 4.69) is 20.4 Å². The Morgan fingerprint density at radius 3 is 2.81 bits per heavy atom. The Bertz CT molecular complexity index is 626. The first kappa shape index (κ1) is 15.2. The maximum atomic E-state index is 11.8. The number of ether oxygens (including phenoxy) is 2. The van der Waals surface area contributed by atoms with Gasteiger partial charge >= 0.3 is 5.97 Å². The second kappa shape index (κ2) is 6.98. The Morgan fingerprint density at radius 1 is 1.33 bits per heavy atom. The molecular formula is C13H18N4O4. The van der Waals surface area contributed by atoms with Crippen molar-refractivity contribution in [3.63, 3.8) is 0 Å². The lowest BCUT2D eigenvalue weighted by Gasteiger charge is -2.07. The highest BCUT2D eigenvalue weighted by Gasteiger charge is 2.20. The van der Waals surface area contributed by atoms with Gasteiger partial charge in [-0.15, -0.1) is 0 Å². The molecule has 0 aliphatic carbocycles. The fourth-order valence-corrected chi connectivity index (χ4v) is 1.84. The molecular weight excluding hydrogens is 276 g/mol. The lowest BCUT2D eigenvalue weighted by atomic mass is 10.2. The number of fused-ring (bicyclic) bond motifs is 1. The minimum Gasteiger partial charge on any atom is -0.460 e. The van der Waals surface area contributed by atoms with Gasteiger partial charge in [0.2, 0.25) is 5.82 Å². The number of aryl methyl sites for hydroxylation is 1. The van der Waals surface area contributed by atoms with Crippen LogP contribution in [0.1, 0.15) is 30.2 Å². The van der Waals surface area contributed by atoms with Crippen molar-refractivity contribution in [1.29, 1.82) is 0 Å². The van der Waals surface area contributed by atoms with Gasteiger partial charge in [0.05, 0.1) is 18.9 Å². The lowest BCUT2D eigenvalue weighted by molar-refractivity contribution is 0.0512. The van der Waals surface area contributed by atoms with Crippen molar-refractivity contribution < 1.29 is 18.8 Å². The summed E-state index contributed by atoms with van der Waals surface area (Å²) >= 11 is 0. The summed E-state index contributed by atoms with van der Waals surface area (Å²) < 4.78 is 15.1. The van der Waals surface area contributed by atoms with Crippen LogP contribution in [0.2, 0.25) is 0 Å². The van der Waals surface area contributed by atoms with E-state index >= 15 is 0 Å². The van der Waals surface area contributed by atoms with Crippen LogP contribution in [0, 0.1) is 0 Å². The number of methoxy groups -OCH3 is 1. The number of rotatable bonds is 7. The number of nitrogens with one attached hydrogen (secondary N) is 1. The fraction of sp³-hybridized carbons (Fsp3) is 0.538. The molecule has 0 saturated heterocycles. The van der Waals surface area contributed by atoms with Gasteiger partial charge in [0.1, 0.15) is 11.2 Å². The van der Waals surface area contributed by atoms with Crippen molar-refractivity contribution in [2.24, 2.45) is 0 Å². The average Bonchev–Trinajstić information content (AvgIpc) is 2.90. The number of carbonyl (C=O) groups is 1. The molecule has 114 valence electrons. The molecule has 0 saturated carbocycles. The molecule has 0 aliphatic heterocycles. The molecule has 2 aromatic rings. The van der Waals surface area contributed by atoms with Crippen LogP contribution in [-0.4, -0.2) is 48.0 Å². The van der Waals surface area contributed by atoms with Gasteiger partial charge in [0, 0.05) is 13.7 Å². The maximum Gasteiger partial charge on any atom is 0.376 e. The summed E-state index contributed by atoms with van der Waals surface area (Å²) in [6.07, 6.45) is 0.675. The van der Waals surface area contributed by atoms with E-state index in [1.165, 1.54) is 0 Å². The zero-order chi connectivity index (χ0) is 15.2. The standard InChI is InChI=1S/C13H18N4O4/c1-4-8-9-10(14-6-7-19-3)15-11(13(18)20-5-2)16-12(9)21-17-8/h4-7H2,1-3H3,(H,14,15,16). The molecule has 1 N–H and O–H groups in total. The van der Waals surface area contributed by atoms with Gasteiger partial charge in [-0.05, 0) is 13.3 Å². The molecule has 8 nitrogen and oxygen atoms in total. The number of hydrogen-bond acceptors (Lipinski definition) is 8. The predicted molar refractivity (Wildman–Crippen MR) is 75.3 cm³/mol. The van der Waals surface area contributed by atoms with Gasteiger partial charge in [-0.25, -0.2) is 9.78 Å². The quantitative estimate of drug-likeness (QED) is 0.604. The summed E-state index contributed by atoms with van der Waals surface area (Å²) in [5.41, 5.74) is 1.00. The zero-order valence-corrected chi connectivity index (χ0v) is 12.3.